The number of aliphatic hydroxyl groups is 3. The van der Waals surface area contributed by atoms with E-state index in [4.69, 9.17) is 4.74 Å². The molecule has 0 aromatic rings. The van der Waals surface area contributed by atoms with E-state index in [1.165, 1.54) is 13.8 Å². The van der Waals surface area contributed by atoms with Crippen LogP contribution in [-0.2, 0) is 9.53 Å². The van der Waals surface area contributed by atoms with Gasteiger partial charge in [0, 0.05) is 13.0 Å². The Morgan fingerprint density at radius 2 is 2.16 bits per heavy atom. The lowest BCUT2D eigenvalue weighted by Crippen LogP contribution is -2.60. The molecule has 0 saturated carbocycles. The van der Waals surface area contributed by atoms with Gasteiger partial charge in [-0.1, -0.05) is 0 Å². The molecule has 8 nitrogen and oxygen atoms in total. The summed E-state index contributed by atoms with van der Waals surface area (Å²) in [5.41, 5.74) is -1.72. The number of nitrogens with zero attached hydrogens (tertiary/aromatic N) is 1. The maximum atomic E-state index is 11.7. The Morgan fingerprint density at radius 3 is 2.63 bits per heavy atom. The van der Waals surface area contributed by atoms with Crippen LogP contribution in [-0.4, -0.2) is 68.8 Å². The van der Waals surface area contributed by atoms with Crippen molar-refractivity contribution in [3.8, 4) is 0 Å². The molecule has 2 rings (SSSR count). The lowest BCUT2D eigenvalue weighted by molar-refractivity contribution is -0.136. The number of hydrogen-bond donors (Lipinski definition) is 4. The second-order valence-electron chi connectivity index (χ2n) is 5.16. The van der Waals surface area contributed by atoms with Crippen LogP contribution in [0.5, 0.6) is 0 Å². The molecule has 2 aliphatic heterocycles. The van der Waals surface area contributed by atoms with E-state index in [2.05, 4.69) is 5.32 Å². The first-order chi connectivity index (χ1) is 8.75. The highest BCUT2D eigenvalue weighted by atomic mass is 16.6. The zero-order valence-corrected chi connectivity index (χ0v) is 10.7. The maximum Gasteiger partial charge on any atom is 0.326 e. The van der Waals surface area contributed by atoms with E-state index in [0.717, 1.165) is 4.90 Å². The van der Waals surface area contributed by atoms with Gasteiger partial charge in [0.15, 0.2) is 6.23 Å². The fourth-order valence-corrected chi connectivity index (χ4v) is 2.41. The zero-order chi connectivity index (χ0) is 14.4. The highest BCUT2D eigenvalue weighted by Crippen LogP contribution is 2.35. The van der Waals surface area contributed by atoms with Crippen LogP contribution < -0.4 is 5.32 Å². The minimum absolute atomic E-state index is 0.0880. The minimum Gasteiger partial charge on any atom is -0.391 e. The van der Waals surface area contributed by atoms with E-state index in [1.807, 2.05) is 0 Å². The van der Waals surface area contributed by atoms with Crippen LogP contribution >= 0.6 is 0 Å². The van der Waals surface area contributed by atoms with Crippen molar-refractivity contribution in [2.45, 2.75) is 50.4 Å². The van der Waals surface area contributed by atoms with Gasteiger partial charge >= 0.3 is 6.03 Å². The van der Waals surface area contributed by atoms with Crippen LogP contribution in [0.15, 0.2) is 0 Å². The van der Waals surface area contributed by atoms with Crippen LogP contribution in [0.2, 0.25) is 0 Å². The number of carbonyl (C=O) groups excluding carboxylic acids is 2. The Morgan fingerprint density at radius 1 is 1.53 bits per heavy atom. The Bertz CT molecular complexity index is 397. The number of aliphatic hydroxyl groups excluding tert-OH is 2. The van der Waals surface area contributed by atoms with Crippen LogP contribution in [0.25, 0.3) is 0 Å². The molecule has 0 bridgehead atoms. The molecule has 0 aromatic heterocycles. The van der Waals surface area contributed by atoms with Gasteiger partial charge in [0.05, 0.1) is 6.10 Å². The van der Waals surface area contributed by atoms with Gasteiger partial charge in [0.25, 0.3) is 0 Å². The van der Waals surface area contributed by atoms with Crippen molar-refractivity contribution in [2.75, 3.05) is 6.54 Å². The zero-order valence-electron chi connectivity index (χ0n) is 10.7. The van der Waals surface area contributed by atoms with Gasteiger partial charge < -0.3 is 20.1 Å². The third kappa shape index (κ3) is 2.32. The molecule has 5 atom stereocenters. The summed E-state index contributed by atoms with van der Waals surface area (Å²) in [7, 11) is 0. The van der Waals surface area contributed by atoms with E-state index in [9.17, 15) is 24.9 Å². The molecule has 0 aliphatic carbocycles. The number of hydrogen-bond acceptors (Lipinski definition) is 6. The molecule has 0 radical (unpaired) electrons. The maximum absolute atomic E-state index is 11.7. The monoisotopic (exact) mass is 274 g/mol. The fraction of sp³-hybridized carbons (Fsp3) is 0.818. The van der Waals surface area contributed by atoms with Gasteiger partial charge in [-0.2, -0.15) is 0 Å². The van der Waals surface area contributed by atoms with E-state index in [-0.39, 0.29) is 13.0 Å². The molecule has 4 N–H and O–H groups in total. The summed E-state index contributed by atoms with van der Waals surface area (Å²) in [4.78, 5) is 23.9. The lowest BCUT2D eigenvalue weighted by Gasteiger charge is -2.37. The van der Waals surface area contributed by atoms with Crippen molar-refractivity contribution in [1.82, 2.24) is 10.2 Å². The summed E-state index contributed by atoms with van der Waals surface area (Å²) < 4.78 is 5.40. The van der Waals surface area contributed by atoms with Crippen LogP contribution in [0, 0.1) is 0 Å². The first kappa shape index (κ1) is 14.2. The molecule has 5 unspecified atom stereocenters. The molecule has 2 aliphatic rings. The second kappa shape index (κ2) is 4.71. The smallest absolute Gasteiger partial charge is 0.326 e. The van der Waals surface area contributed by atoms with Crippen LogP contribution in [0.4, 0.5) is 4.79 Å². The summed E-state index contributed by atoms with van der Waals surface area (Å²) in [5, 5.41) is 31.9. The Balaban J connectivity index is 2.20. The van der Waals surface area contributed by atoms with E-state index in [1.54, 1.807) is 0 Å². The van der Waals surface area contributed by atoms with Gasteiger partial charge in [-0.05, 0) is 13.8 Å². The van der Waals surface area contributed by atoms with E-state index in [0.29, 0.717) is 0 Å². The second-order valence-corrected chi connectivity index (χ2v) is 5.16. The molecule has 0 aromatic carbocycles. The van der Waals surface area contributed by atoms with Crippen molar-refractivity contribution < 1.29 is 29.6 Å². The number of amides is 3. The molecular formula is C11H18N2O6. The largest absolute Gasteiger partial charge is 0.391 e. The Hall–Kier alpha value is -1.22. The van der Waals surface area contributed by atoms with E-state index >= 15 is 0 Å². The van der Waals surface area contributed by atoms with Crippen molar-refractivity contribution in [1.29, 1.82) is 0 Å². The SMILES string of the molecule is CC(O)C1OC(N2CCC(=O)NC2=O)C(C)(O)C1O. The average molecular weight is 274 g/mol. The fourth-order valence-electron chi connectivity index (χ4n) is 2.41. The lowest BCUT2D eigenvalue weighted by atomic mass is 9.94. The first-order valence-corrected chi connectivity index (χ1v) is 6.09. The molecule has 19 heavy (non-hydrogen) atoms. The highest BCUT2D eigenvalue weighted by molar-refractivity contribution is 5.96. The van der Waals surface area contributed by atoms with Crippen molar-refractivity contribution in [2.24, 2.45) is 0 Å². The van der Waals surface area contributed by atoms with Gasteiger partial charge in [-0.25, -0.2) is 4.79 Å². The number of carbonyl (C=O) groups is 2. The molecular weight excluding hydrogens is 256 g/mol. The standard InChI is InChI=1S/C11H18N2O6/c1-5(14)7-8(16)11(2,18)9(19-7)13-4-3-6(15)12-10(13)17/h5,7-9,14,16,18H,3-4H2,1-2H3,(H,12,15,17). The normalized spacial score (nSPS) is 41.3. The van der Waals surface area contributed by atoms with Crippen LogP contribution in [0.3, 0.4) is 0 Å². The van der Waals surface area contributed by atoms with E-state index < -0.39 is 42.1 Å². The first-order valence-electron chi connectivity index (χ1n) is 6.09. The predicted molar refractivity (Wildman–Crippen MR) is 61.8 cm³/mol. The average Bonchev–Trinajstić information content (AvgIpc) is 2.52. The van der Waals surface area contributed by atoms with Gasteiger partial charge in [-0.15, -0.1) is 0 Å². The summed E-state index contributed by atoms with van der Waals surface area (Å²) in [6.07, 6.45) is -4.35. The minimum atomic E-state index is -1.72. The summed E-state index contributed by atoms with van der Waals surface area (Å²) in [5.74, 6) is -0.397. The highest BCUT2D eigenvalue weighted by Gasteiger charge is 2.57. The molecule has 0 spiro atoms. The molecule has 2 fully saturated rings. The summed E-state index contributed by atoms with van der Waals surface area (Å²) in [6, 6.07) is -0.681. The third-order valence-corrected chi connectivity index (χ3v) is 3.54. The molecule has 8 heteroatoms. The van der Waals surface area contributed by atoms with Gasteiger partial charge in [0.1, 0.15) is 17.8 Å². The quantitative estimate of drug-likeness (QED) is 0.469. The van der Waals surface area contributed by atoms with Crippen molar-refractivity contribution in [3.63, 3.8) is 0 Å². The van der Waals surface area contributed by atoms with Crippen molar-refractivity contribution in [3.05, 3.63) is 0 Å². The van der Waals surface area contributed by atoms with Gasteiger partial charge in [-0.3, -0.25) is 15.0 Å². The number of rotatable bonds is 2. The molecule has 108 valence electrons. The molecule has 2 heterocycles. The Kier molecular flexibility index (Phi) is 3.52. The topological polar surface area (TPSA) is 119 Å². The van der Waals surface area contributed by atoms with Crippen LogP contribution in [0.1, 0.15) is 20.3 Å². The number of imide groups is 1. The molecule has 2 saturated heterocycles. The number of ether oxygens (including phenoxy) is 1. The third-order valence-electron chi connectivity index (χ3n) is 3.54. The molecule has 3 amide bonds. The summed E-state index contributed by atoms with van der Waals surface area (Å²) in [6.45, 7) is 2.84. The Labute approximate surface area is 110 Å². The van der Waals surface area contributed by atoms with Crippen molar-refractivity contribution >= 4 is 11.9 Å². The summed E-state index contributed by atoms with van der Waals surface area (Å²) >= 11 is 0. The number of urea groups is 1. The number of nitrogens with one attached hydrogen (secondary N) is 1. The van der Waals surface area contributed by atoms with Gasteiger partial charge in [0.2, 0.25) is 5.91 Å². The predicted octanol–water partition coefficient (Wildman–Crippen LogP) is -1.85.